The number of benzene rings is 2. The maximum absolute atomic E-state index is 12.2. The number of carbonyl (C=O) groups is 2. The molecule has 0 fully saturated rings. The summed E-state index contributed by atoms with van der Waals surface area (Å²) < 4.78 is 28.6. The summed E-state index contributed by atoms with van der Waals surface area (Å²) in [6.45, 7) is -2.81. The molecule has 0 aliphatic rings. The highest BCUT2D eigenvalue weighted by molar-refractivity contribution is 6.30. The minimum atomic E-state index is -2.94. The lowest BCUT2D eigenvalue weighted by molar-refractivity contribution is -0.116. The second kappa shape index (κ2) is 8.98. The molecule has 2 amide bonds. The Morgan fingerprint density at radius 2 is 1.84 bits per heavy atom. The van der Waals surface area contributed by atoms with E-state index in [1.807, 2.05) is 0 Å². The summed E-state index contributed by atoms with van der Waals surface area (Å²) in [4.78, 5) is 23.7. The van der Waals surface area contributed by atoms with Crippen molar-refractivity contribution in [3.05, 3.63) is 59.1 Å². The van der Waals surface area contributed by atoms with Gasteiger partial charge in [-0.1, -0.05) is 17.7 Å². The predicted molar refractivity (Wildman–Crippen MR) is 90.1 cm³/mol. The number of amides is 2. The third kappa shape index (κ3) is 6.39. The van der Waals surface area contributed by atoms with Gasteiger partial charge in [0, 0.05) is 35.3 Å². The fraction of sp³-hybridized carbons (Fsp3) is 0.176. The van der Waals surface area contributed by atoms with Crippen molar-refractivity contribution < 1.29 is 23.1 Å². The lowest BCUT2D eigenvalue weighted by atomic mass is 10.2. The van der Waals surface area contributed by atoms with Gasteiger partial charge in [0.2, 0.25) is 5.91 Å². The first-order valence-corrected chi connectivity index (χ1v) is 7.70. The van der Waals surface area contributed by atoms with Crippen LogP contribution in [0, 0.1) is 0 Å². The normalized spacial score (nSPS) is 10.4. The summed E-state index contributed by atoms with van der Waals surface area (Å²) in [6.07, 6.45) is 0.0270. The Bertz CT molecular complexity index is 739. The van der Waals surface area contributed by atoms with E-state index in [2.05, 4.69) is 15.4 Å². The molecular formula is C17H15ClF2N2O3. The van der Waals surface area contributed by atoms with Crippen molar-refractivity contribution >= 4 is 29.1 Å². The molecule has 0 saturated heterocycles. The van der Waals surface area contributed by atoms with Crippen molar-refractivity contribution in [1.82, 2.24) is 5.32 Å². The van der Waals surface area contributed by atoms with Crippen LogP contribution in [0.5, 0.6) is 5.75 Å². The number of alkyl halides is 2. The van der Waals surface area contributed by atoms with Gasteiger partial charge >= 0.3 is 6.61 Å². The van der Waals surface area contributed by atoms with Crippen molar-refractivity contribution in [2.75, 3.05) is 11.9 Å². The van der Waals surface area contributed by atoms with Crippen molar-refractivity contribution in [1.29, 1.82) is 0 Å². The number of anilines is 1. The van der Waals surface area contributed by atoms with Crippen molar-refractivity contribution in [3.63, 3.8) is 0 Å². The summed E-state index contributed by atoms with van der Waals surface area (Å²) in [7, 11) is 0. The van der Waals surface area contributed by atoms with Crippen LogP contribution in [-0.2, 0) is 4.79 Å². The maximum Gasteiger partial charge on any atom is 0.387 e. The molecule has 132 valence electrons. The first-order valence-electron chi connectivity index (χ1n) is 7.32. The third-order valence-electron chi connectivity index (χ3n) is 3.09. The Morgan fingerprint density at radius 3 is 2.52 bits per heavy atom. The maximum atomic E-state index is 12.2. The number of carbonyl (C=O) groups excluding carboxylic acids is 2. The van der Waals surface area contributed by atoms with Gasteiger partial charge in [0.1, 0.15) is 5.75 Å². The van der Waals surface area contributed by atoms with Crippen LogP contribution in [0.4, 0.5) is 14.5 Å². The number of nitrogens with one attached hydrogen (secondary N) is 2. The molecule has 5 nitrogen and oxygen atoms in total. The largest absolute Gasteiger partial charge is 0.435 e. The highest BCUT2D eigenvalue weighted by Crippen LogP contribution is 2.19. The average Bonchev–Trinajstić information content (AvgIpc) is 2.55. The van der Waals surface area contributed by atoms with Gasteiger partial charge in [-0.3, -0.25) is 9.59 Å². The summed E-state index contributed by atoms with van der Waals surface area (Å²) in [5.41, 5.74) is 0.758. The fourth-order valence-electron chi connectivity index (χ4n) is 1.97. The molecule has 2 aromatic rings. The van der Waals surface area contributed by atoms with Gasteiger partial charge in [0.25, 0.3) is 5.91 Å². The van der Waals surface area contributed by atoms with E-state index < -0.39 is 6.61 Å². The average molecular weight is 369 g/mol. The lowest BCUT2D eigenvalue weighted by Crippen LogP contribution is -2.27. The van der Waals surface area contributed by atoms with Gasteiger partial charge in [-0.25, -0.2) is 0 Å². The summed E-state index contributed by atoms with van der Waals surface area (Å²) in [5, 5.41) is 5.67. The van der Waals surface area contributed by atoms with Gasteiger partial charge in [0.15, 0.2) is 0 Å². The van der Waals surface area contributed by atoms with E-state index in [1.54, 1.807) is 30.3 Å². The fourth-order valence-corrected chi connectivity index (χ4v) is 2.09. The van der Waals surface area contributed by atoms with Crippen molar-refractivity contribution in [2.24, 2.45) is 0 Å². The minimum Gasteiger partial charge on any atom is -0.435 e. The molecule has 0 radical (unpaired) electrons. The van der Waals surface area contributed by atoms with E-state index in [0.717, 1.165) is 0 Å². The van der Waals surface area contributed by atoms with E-state index in [0.29, 0.717) is 16.3 Å². The van der Waals surface area contributed by atoms with Crippen molar-refractivity contribution in [3.8, 4) is 5.75 Å². The molecule has 8 heteroatoms. The summed E-state index contributed by atoms with van der Waals surface area (Å²) in [6, 6.07) is 12.0. The Morgan fingerprint density at radius 1 is 1.12 bits per heavy atom. The molecule has 2 N–H and O–H groups in total. The molecule has 2 aromatic carbocycles. The van der Waals surface area contributed by atoms with Gasteiger partial charge in [0.05, 0.1) is 0 Å². The highest BCUT2D eigenvalue weighted by Gasteiger charge is 2.08. The van der Waals surface area contributed by atoms with Crippen LogP contribution in [0.25, 0.3) is 0 Å². The smallest absolute Gasteiger partial charge is 0.387 e. The Kier molecular flexibility index (Phi) is 6.71. The van der Waals surface area contributed by atoms with E-state index in [9.17, 15) is 18.4 Å². The number of hydrogen-bond donors (Lipinski definition) is 2. The first kappa shape index (κ1) is 18.7. The van der Waals surface area contributed by atoms with Crippen LogP contribution in [0.3, 0.4) is 0 Å². The molecule has 0 atom stereocenters. The topological polar surface area (TPSA) is 67.4 Å². The molecule has 2 rings (SSSR count). The third-order valence-corrected chi connectivity index (χ3v) is 3.34. The molecule has 25 heavy (non-hydrogen) atoms. The van der Waals surface area contributed by atoms with Gasteiger partial charge < -0.3 is 15.4 Å². The van der Waals surface area contributed by atoms with E-state index in [4.69, 9.17) is 11.6 Å². The summed E-state index contributed by atoms with van der Waals surface area (Å²) in [5.74, 6) is -0.744. The van der Waals surface area contributed by atoms with Crippen LogP contribution in [0.2, 0.25) is 5.02 Å². The Hall–Kier alpha value is -2.67. The summed E-state index contributed by atoms with van der Waals surface area (Å²) >= 11 is 5.74. The van der Waals surface area contributed by atoms with Crippen LogP contribution < -0.4 is 15.4 Å². The molecule has 0 saturated carbocycles. The molecular weight excluding hydrogens is 354 g/mol. The monoisotopic (exact) mass is 368 g/mol. The number of halogens is 3. The highest BCUT2D eigenvalue weighted by atomic mass is 35.5. The standard InChI is InChI=1S/C17H15ClF2N2O3/c18-12-6-4-11(5-7-12)16(24)21-9-8-15(23)22-13-2-1-3-14(10-13)25-17(19)20/h1-7,10,17H,8-9H2,(H,21,24)(H,22,23). The van der Waals surface area contributed by atoms with Crippen LogP contribution >= 0.6 is 11.6 Å². The Balaban J connectivity index is 1.79. The molecule has 0 heterocycles. The predicted octanol–water partition coefficient (Wildman–Crippen LogP) is 3.70. The zero-order valence-electron chi connectivity index (χ0n) is 13.0. The Labute approximate surface area is 147 Å². The first-order chi connectivity index (χ1) is 11.9. The van der Waals surface area contributed by atoms with E-state index in [-0.39, 0.29) is 30.5 Å². The second-order valence-electron chi connectivity index (χ2n) is 4.97. The van der Waals surface area contributed by atoms with E-state index in [1.165, 1.54) is 18.2 Å². The molecule has 0 aliphatic heterocycles. The molecule has 0 bridgehead atoms. The number of ether oxygens (including phenoxy) is 1. The SMILES string of the molecule is O=C(CCNC(=O)c1ccc(Cl)cc1)Nc1cccc(OC(F)F)c1. The molecule has 0 unspecified atom stereocenters. The lowest BCUT2D eigenvalue weighted by Gasteiger charge is -2.09. The molecule has 0 aliphatic carbocycles. The van der Waals surface area contributed by atoms with Gasteiger partial charge in [-0.05, 0) is 36.4 Å². The van der Waals surface area contributed by atoms with Crippen LogP contribution in [0.15, 0.2) is 48.5 Å². The molecule has 0 aromatic heterocycles. The van der Waals surface area contributed by atoms with E-state index >= 15 is 0 Å². The number of rotatable bonds is 7. The van der Waals surface area contributed by atoms with Gasteiger partial charge in [-0.15, -0.1) is 0 Å². The second-order valence-corrected chi connectivity index (χ2v) is 5.40. The number of hydrogen-bond acceptors (Lipinski definition) is 3. The van der Waals surface area contributed by atoms with Crippen LogP contribution in [0.1, 0.15) is 16.8 Å². The quantitative estimate of drug-likeness (QED) is 0.783. The zero-order valence-corrected chi connectivity index (χ0v) is 13.7. The minimum absolute atomic E-state index is 0.0270. The molecule has 0 spiro atoms. The van der Waals surface area contributed by atoms with Gasteiger partial charge in [-0.2, -0.15) is 8.78 Å². The van der Waals surface area contributed by atoms with Crippen molar-refractivity contribution in [2.45, 2.75) is 13.0 Å². The van der Waals surface area contributed by atoms with Crippen LogP contribution in [-0.4, -0.2) is 25.0 Å². The zero-order chi connectivity index (χ0) is 18.2.